The Balaban J connectivity index is 1.32. The highest BCUT2D eigenvalue weighted by molar-refractivity contribution is 7.66. The van der Waals surface area contributed by atoms with E-state index in [0.717, 1.165) is 18.5 Å². The van der Waals surface area contributed by atoms with Crippen LogP contribution in [0.3, 0.4) is 0 Å². The molecule has 0 amide bonds. The Morgan fingerprint density at radius 3 is 1.67 bits per heavy atom. The first-order valence-corrected chi connectivity index (χ1v) is 17.1. The van der Waals surface area contributed by atoms with Crippen molar-refractivity contribution in [3.8, 4) is 0 Å². The third-order valence-electron chi connectivity index (χ3n) is 6.44. The van der Waals surface area contributed by atoms with Crippen LogP contribution in [0.1, 0.15) is 18.0 Å². The largest absolute Gasteiger partial charge is 0.490 e. The normalized spacial score (nSPS) is 32.1. The number of ether oxygens (including phenoxy) is 2. The van der Waals surface area contributed by atoms with Gasteiger partial charge in [-0.1, -0.05) is 0 Å². The van der Waals surface area contributed by atoms with Gasteiger partial charge in [-0.15, -0.1) is 0 Å². The first kappa shape index (κ1) is 36.4. The maximum absolute atomic E-state index is 12.3. The number of nitrogens with one attached hydrogen (secondary N) is 2. The summed E-state index contributed by atoms with van der Waals surface area (Å²) < 4.78 is 65.4. The van der Waals surface area contributed by atoms with Crippen molar-refractivity contribution in [2.75, 3.05) is 13.2 Å². The van der Waals surface area contributed by atoms with Gasteiger partial charge in [0.25, 0.3) is 11.1 Å². The second-order valence-electron chi connectivity index (χ2n) is 9.75. The molecule has 2 aromatic heterocycles. The maximum atomic E-state index is 12.3. The zero-order valence-corrected chi connectivity index (χ0v) is 25.6. The summed E-state index contributed by atoms with van der Waals surface area (Å²) in [5.41, 5.74) is -3.57. The van der Waals surface area contributed by atoms with E-state index in [1.807, 2.05) is 9.97 Å². The van der Waals surface area contributed by atoms with Crippen LogP contribution in [0.25, 0.3) is 0 Å². The first-order chi connectivity index (χ1) is 21.2. The molecule has 46 heavy (non-hydrogen) atoms. The van der Waals surface area contributed by atoms with Gasteiger partial charge >= 0.3 is 34.8 Å². The number of aliphatic hydroxyl groups is 4. The first-order valence-electron chi connectivity index (χ1n) is 12.6. The lowest BCUT2D eigenvalue weighted by Crippen LogP contribution is -2.38. The number of phosphoric ester groups is 2. The van der Waals surface area contributed by atoms with Crippen molar-refractivity contribution in [1.29, 1.82) is 0 Å². The molecule has 2 aliphatic heterocycles. The Labute approximate surface area is 253 Å². The molecule has 11 atom stereocenters. The molecule has 2 aromatic rings. The minimum absolute atomic E-state index is 0.0260. The van der Waals surface area contributed by atoms with Crippen LogP contribution in [0.15, 0.2) is 37.6 Å². The Morgan fingerprint density at radius 2 is 1.20 bits per heavy atom. The summed E-state index contributed by atoms with van der Waals surface area (Å²) in [5.74, 6) is 0. The molecule has 9 N–H and O–H groups in total. The van der Waals surface area contributed by atoms with Crippen molar-refractivity contribution in [3.63, 3.8) is 0 Å². The lowest BCUT2D eigenvalue weighted by molar-refractivity contribution is -0.0549. The van der Waals surface area contributed by atoms with Crippen molar-refractivity contribution in [3.05, 3.63) is 65.7 Å². The smallest absolute Gasteiger partial charge is 0.387 e. The van der Waals surface area contributed by atoms with Gasteiger partial charge in [0.15, 0.2) is 12.5 Å². The number of hydrogen-bond acceptors (Lipinski definition) is 17. The summed E-state index contributed by atoms with van der Waals surface area (Å²) in [6.45, 7) is -0.943. The van der Waals surface area contributed by atoms with E-state index >= 15 is 0 Å². The third-order valence-corrected chi connectivity index (χ3v) is 10.7. The molecular weight excluding hydrogens is 697 g/mol. The number of aryl methyl sites for hydroxylation is 1. The monoisotopic (exact) mass is 724 g/mol. The molecule has 3 unspecified atom stereocenters. The molecule has 0 aliphatic carbocycles. The van der Waals surface area contributed by atoms with Crippen LogP contribution in [0, 0.1) is 6.92 Å². The number of nitrogens with zero attached hydrogens (tertiary/aromatic N) is 2. The summed E-state index contributed by atoms with van der Waals surface area (Å²) in [6, 6.07) is 0.896. The Bertz CT molecular complexity index is 1820. The van der Waals surface area contributed by atoms with E-state index < -0.39 is 108 Å². The minimum Gasteiger partial charge on any atom is -0.387 e. The van der Waals surface area contributed by atoms with Crippen LogP contribution in [0.2, 0.25) is 0 Å². The van der Waals surface area contributed by atoms with Crippen LogP contribution in [-0.4, -0.2) is 104 Å². The van der Waals surface area contributed by atoms with Crippen LogP contribution in [0.5, 0.6) is 0 Å². The van der Waals surface area contributed by atoms with Gasteiger partial charge in [-0.05, 0) is 6.92 Å². The summed E-state index contributed by atoms with van der Waals surface area (Å²) >= 11 is 0. The molecule has 0 saturated carbocycles. The van der Waals surface area contributed by atoms with Gasteiger partial charge < -0.3 is 44.6 Å². The van der Waals surface area contributed by atoms with Crippen LogP contribution >= 0.6 is 23.5 Å². The molecule has 258 valence electrons. The molecule has 4 heterocycles. The van der Waals surface area contributed by atoms with Crippen molar-refractivity contribution < 1.29 is 75.9 Å². The summed E-state index contributed by atoms with van der Waals surface area (Å²) in [7, 11) is -17.4. The standard InChI is InChI=1S/C19H27N4O20P3/c1-7-4-23(19(31)21-15(7)29)17-14(28)12(26)9(41-17)6-39-45(34,35)43-46(36,37)42-44(32,33)38-5-8-11(25)13(27)16(40-8)22-3-2-10(24)20-18(22)30/h2-4,8-9,11-14,16-17,25-28H,5-6H2,1H3,(H,32,33)(H,34,35)(H,36,37)(H,20,24,30)(H,21,29,31)/t8-,9-,11-,12-,13-,14-,16-,17+/m1/s1. The Hall–Kier alpha value is -2.47. The number of hydrogen-bond donors (Lipinski definition) is 9. The average Bonchev–Trinajstić information content (AvgIpc) is 3.37. The van der Waals surface area contributed by atoms with Gasteiger partial charge in [0.2, 0.25) is 0 Å². The van der Waals surface area contributed by atoms with E-state index in [4.69, 9.17) is 9.47 Å². The lowest BCUT2D eigenvalue weighted by atomic mass is 10.1. The van der Waals surface area contributed by atoms with E-state index in [9.17, 15) is 68.0 Å². The third kappa shape index (κ3) is 8.32. The molecule has 0 spiro atoms. The molecule has 0 aromatic carbocycles. The molecule has 0 radical (unpaired) electrons. The molecule has 2 saturated heterocycles. The van der Waals surface area contributed by atoms with Crippen LogP contribution in [-0.2, 0) is 40.8 Å². The molecular formula is C19H27N4O20P3. The molecule has 2 fully saturated rings. The minimum atomic E-state index is -6.00. The average molecular weight is 724 g/mol. The van der Waals surface area contributed by atoms with Gasteiger partial charge in [-0.25, -0.2) is 23.3 Å². The quantitative estimate of drug-likeness (QED) is 0.0942. The van der Waals surface area contributed by atoms with E-state index in [2.05, 4.69) is 17.7 Å². The second-order valence-corrected chi connectivity index (χ2v) is 14.4. The van der Waals surface area contributed by atoms with Gasteiger partial charge in [0.1, 0.15) is 36.6 Å². The summed E-state index contributed by atoms with van der Waals surface area (Å²) in [6.07, 6.45) is -12.0. The number of rotatable bonds is 12. The van der Waals surface area contributed by atoms with Crippen molar-refractivity contribution in [2.24, 2.45) is 0 Å². The van der Waals surface area contributed by atoms with Crippen molar-refractivity contribution in [2.45, 2.75) is 56.0 Å². The fourth-order valence-corrected chi connectivity index (χ4v) is 7.78. The number of aliphatic hydroxyl groups excluding tert-OH is 4. The SMILES string of the molecule is Cc1cn([C@H]2O[C@H](COP(=O)(O)OP(=O)(O)OP(=O)(O)OC[C@H]3O[C@@H](n4ccc(=O)[nH]c4=O)[C@H](O)[C@@H]3O)[C@@H](O)[C@H]2O)c(=O)[nH]c1=O. The van der Waals surface area contributed by atoms with Gasteiger partial charge in [-0.2, -0.15) is 8.62 Å². The molecule has 24 nitrogen and oxygen atoms in total. The van der Waals surface area contributed by atoms with Crippen molar-refractivity contribution in [1.82, 2.24) is 19.1 Å². The molecule has 0 bridgehead atoms. The summed E-state index contributed by atoms with van der Waals surface area (Å²) in [5, 5.41) is 40.9. The van der Waals surface area contributed by atoms with E-state index in [1.54, 1.807) is 0 Å². The predicted molar refractivity (Wildman–Crippen MR) is 143 cm³/mol. The Kier molecular flexibility index (Phi) is 10.7. The van der Waals surface area contributed by atoms with E-state index in [0.29, 0.717) is 9.13 Å². The molecule has 4 rings (SSSR count). The predicted octanol–water partition coefficient (Wildman–Crippen LogP) is -4.00. The molecule has 27 heteroatoms. The van der Waals surface area contributed by atoms with E-state index in [-0.39, 0.29) is 5.56 Å². The zero-order valence-electron chi connectivity index (χ0n) is 22.9. The van der Waals surface area contributed by atoms with E-state index in [1.165, 1.54) is 6.92 Å². The zero-order chi connectivity index (χ0) is 34.4. The Morgan fingerprint density at radius 1 is 0.739 bits per heavy atom. The second kappa shape index (κ2) is 13.6. The maximum Gasteiger partial charge on any atom is 0.490 e. The van der Waals surface area contributed by atoms with Gasteiger partial charge in [0, 0.05) is 24.0 Å². The highest BCUT2D eigenvalue weighted by atomic mass is 31.3. The van der Waals surface area contributed by atoms with Crippen LogP contribution < -0.4 is 22.5 Å². The highest BCUT2D eigenvalue weighted by Gasteiger charge is 2.49. The van der Waals surface area contributed by atoms with Crippen molar-refractivity contribution >= 4 is 23.5 Å². The number of phosphoric acid groups is 3. The molecule has 2 aliphatic rings. The topological polar surface area (TPSA) is 358 Å². The lowest BCUT2D eigenvalue weighted by Gasteiger charge is -2.21. The number of aromatic amines is 2. The number of aromatic nitrogens is 4. The van der Waals surface area contributed by atoms with Gasteiger partial charge in [0.05, 0.1) is 13.2 Å². The number of H-pyrrole nitrogens is 2. The fraction of sp³-hybridized carbons (Fsp3) is 0.579. The van der Waals surface area contributed by atoms with Crippen LogP contribution in [0.4, 0.5) is 0 Å². The highest BCUT2D eigenvalue weighted by Crippen LogP contribution is 2.67. The summed E-state index contributed by atoms with van der Waals surface area (Å²) in [4.78, 5) is 80.2. The van der Waals surface area contributed by atoms with Gasteiger partial charge in [-0.3, -0.25) is 37.7 Å². The fourth-order valence-electron chi connectivity index (χ4n) is 4.25.